The Balaban J connectivity index is 1.95. The number of nitrogens with two attached hydrogens (primary N) is 1. The number of aromatic nitrogens is 3. The van der Waals surface area contributed by atoms with E-state index in [0.717, 1.165) is 27.6 Å². The Bertz CT molecular complexity index is 782. The Hall–Kier alpha value is -1.95. The Kier molecular flexibility index (Phi) is 3.63. The molecule has 4 nitrogen and oxygen atoms in total. The van der Waals surface area contributed by atoms with Crippen LogP contribution in [0.25, 0.3) is 11.2 Å². The Labute approximate surface area is 129 Å². The maximum absolute atomic E-state index is 13.0. The Morgan fingerprint density at radius 2 is 2.05 bits per heavy atom. The van der Waals surface area contributed by atoms with Gasteiger partial charge in [-0.1, -0.05) is 12.1 Å². The van der Waals surface area contributed by atoms with E-state index in [0.29, 0.717) is 5.95 Å². The topological polar surface area (TPSA) is 56.7 Å². The van der Waals surface area contributed by atoms with Gasteiger partial charge in [0.15, 0.2) is 5.65 Å². The van der Waals surface area contributed by atoms with Crippen molar-refractivity contribution in [3.63, 3.8) is 0 Å². The van der Waals surface area contributed by atoms with E-state index in [1.807, 2.05) is 17.6 Å². The molecule has 108 valence electrons. The van der Waals surface area contributed by atoms with Gasteiger partial charge in [0, 0.05) is 16.7 Å². The van der Waals surface area contributed by atoms with Gasteiger partial charge >= 0.3 is 0 Å². The normalized spacial score (nSPS) is 12.7. The number of hydrogen-bond acceptors (Lipinski definition) is 3. The van der Waals surface area contributed by atoms with Gasteiger partial charge in [-0.05, 0) is 53.0 Å². The van der Waals surface area contributed by atoms with Gasteiger partial charge in [-0.3, -0.25) is 4.57 Å². The molecule has 1 unspecified atom stereocenters. The Morgan fingerprint density at radius 3 is 2.76 bits per heavy atom. The van der Waals surface area contributed by atoms with E-state index in [1.54, 1.807) is 18.3 Å². The highest BCUT2D eigenvalue weighted by atomic mass is 79.9. The van der Waals surface area contributed by atoms with Crippen LogP contribution in [0.15, 0.2) is 41.0 Å². The zero-order valence-corrected chi connectivity index (χ0v) is 13.0. The zero-order valence-electron chi connectivity index (χ0n) is 11.4. The molecular formula is C15H14BrFN4. The number of hydrogen-bond donors (Lipinski definition) is 1. The third-order valence-corrected chi connectivity index (χ3v) is 3.84. The van der Waals surface area contributed by atoms with E-state index in [9.17, 15) is 4.39 Å². The van der Waals surface area contributed by atoms with Crippen molar-refractivity contribution in [1.29, 1.82) is 0 Å². The summed E-state index contributed by atoms with van der Waals surface area (Å²) in [6, 6.07) is 8.46. The van der Waals surface area contributed by atoms with Gasteiger partial charge < -0.3 is 5.73 Å². The molecule has 6 heteroatoms. The predicted molar refractivity (Wildman–Crippen MR) is 84.5 cm³/mol. The average Bonchev–Trinajstić information content (AvgIpc) is 2.76. The van der Waals surface area contributed by atoms with Crippen molar-refractivity contribution in [2.45, 2.75) is 19.4 Å². The molecule has 0 saturated carbocycles. The van der Waals surface area contributed by atoms with E-state index < -0.39 is 0 Å². The van der Waals surface area contributed by atoms with Gasteiger partial charge in [0.2, 0.25) is 5.95 Å². The lowest BCUT2D eigenvalue weighted by Crippen LogP contribution is -2.12. The summed E-state index contributed by atoms with van der Waals surface area (Å²) in [6.45, 7) is 2.05. The van der Waals surface area contributed by atoms with Crippen molar-refractivity contribution in [3.05, 3.63) is 52.4 Å². The minimum Gasteiger partial charge on any atom is -0.369 e. The maximum atomic E-state index is 13.0. The van der Waals surface area contributed by atoms with E-state index in [-0.39, 0.29) is 11.9 Å². The summed E-state index contributed by atoms with van der Waals surface area (Å²) >= 11 is 3.38. The second-order valence-electron chi connectivity index (χ2n) is 5.02. The van der Waals surface area contributed by atoms with Crippen LogP contribution >= 0.6 is 15.9 Å². The summed E-state index contributed by atoms with van der Waals surface area (Å²) in [4.78, 5) is 8.73. The molecule has 21 heavy (non-hydrogen) atoms. The highest BCUT2D eigenvalue weighted by Gasteiger charge is 2.15. The summed E-state index contributed by atoms with van der Waals surface area (Å²) in [5, 5.41) is 0. The Morgan fingerprint density at radius 1 is 1.33 bits per heavy atom. The fourth-order valence-electron chi connectivity index (χ4n) is 2.46. The number of nitrogens with zero attached hydrogens (tertiary/aromatic N) is 3. The minimum absolute atomic E-state index is 0.0779. The molecule has 0 spiro atoms. The van der Waals surface area contributed by atoms with Crippen LogP contribution in [0.1, 0.15) is 18.5 Å². The molecule has 0 amide bonds. The number of fused-ring (bicyclic) bond motifs is 1. The third kappa shape index (κ3) is 2.76. The number of anilines is 1. The molecular weight excluding hydrogens is 335 g/mol. The van der Waals surface area contributed by atoms with Gasteiger partial charge in [0.05, 0.1) is 0 Å². The van der Waals surface area contributed by atoms with Gasteiger partial charge in [-0.25, -0.2) is 14.4 Å². The summed E-state index contributed by atoms with van der Waals surface area (Å²) < 4.78 is 15.7. The molecule has 1 aromatic carbocycles. The number of pyridine rings is 1. The molecule has 0 aliphatic heterocycles. The van der Waals surface area contributed by atoms with Gasteiger partial charge in [-0.2, -0.15) is 0 Å². The van der Waals surface area contributed by atoms with E-state index in [1.165, 1.54) is 12.1 Å². The number of rotatable bonds is 3. The van der Waals surface area contributed by atoms with Crippen LogP contribution in [0.5, 0.6) is 0 Å². The summed E-state index contributed by atoms with van der Waals surface area (Å²) in [7, 11) is 0. The van der Waals surface area contributed by atoms with Gasteiger partial charge in [-0.15, -0.1) is 0 Å². The first-order chi connectivity index (χ1) is 10.0. The molecule has 3 rings (SSSR count). The standard InChI is InChI=1S/C15H14BrFN4/c1-9(6-10-2-4-12(17)5-3-10)21-14-13(20-15(21)18)7-11(16)8-19-14/h2-5,7-9H,6H2,1H3,(H2,18,20). The van der Waals surface area contributed by atoms with Crippen molar-refractivity contribution < 1.29 is 4.39 Å². The van der Waals surface area contributed by atoms with E-state index in [2.05, 4.69) is 25.9 Å². The summed E-state index contributed by atoms with van der Waals surface area (Å²) in [5.74, 6) is 0.204. The molecule has 0 radical (unpaired) electrons. The summed E-state index contributed by atoms with van der Waals surface area (Å²) in [6.07, 6.45) is 2.46. The number of imidazole rings is 1. The number of halogens is 2. The smallest absolute Gasteiger partial charge is 0.202 e. The van der Waals surface area contributed by atoms with Crippen LogP contribution in [-0.2, 0) is 6.42 Å². The molecule has 2 aromatic heterocycles. The molecule has 0 aliphatic rings. The predicted octanol–water partition coefficient (Wildman–Crippen LogP) is 3.72. The highest BCUT2D eigenvalue weighted by molar-refractivity contribution is 9.10. The van der Waals surface area contributed by atoms with Crippen LogP contribution < -0.4 is 5.73 Å². The van der Waals surface area contributed by atoms with Crippen LogP contribution in [0.3, 0.4) is 0 Å². The molecule has 2 heterocycles. The van der Waals surface area contributed by atoms with Crippen LogP contribution in [-0.4, -0.2) is 14.5 Å². The van der Waals surface area contributed by atoms with E-state index >= 15 is 0 Å². The first-order valence-corrected chi connectivity index (χ1v) is 7.37. The molecule has 0 saturated heterocycles. The zero-order chi connectivity index (χ0) is 15.0. The second-order valence-corrected chi connectivity index (χ2v) is 5.93. The lowest BCUT2D eigenvalue weighted by molar-refractivity contribution is 0.561. The quantitative estimate of drug-likeness (QED) is 0.784. The molecule has 0 bridgehead atoms. The highest BCUT2D eigenvalue weighted by Crippen LogP contribution is 2.25. The van der Waals surface area contributed by atoms with Crippen molar-refractivity contribution in [1.82, 2.24) is 14.5 Å². The largest absolute Gasteiger partial charge is 0.369 e. The molecule has 1 atom stereocenters. The average molecular weight is 349 g/mol. The van der Waals surface area contributed by atoms with Crippen LogP contribution in [0.4, 0.5) is 10.3 Å². The van der Waals surface area contributed by atoms with Gasteiger partial charge in [0.1, 0.15) is 11.3 Å². The van der Waals surface area contributed by atoms with Crippen molar-refractivity contribution in [2.24, 2.45) is 0 Å². The fraction of sp³-hybridized carbons (Fsp3) is 0.200. The lowest BCUT2D eigenvalue weighted by atomic mass is 10.1. The third-order valence-electron chi connectivity index (χ3n) is 3.41. The van der Waals surface area contributed by atoms with E-state index in [4.69, 9.17) is 5.73 Å². The molecule has 2 N–H and O–H groups in total. The number of nitrogen functional groups attached to an aromatic ring is 1. The van der Waals surface area contributed by atoms with Crippen LogP contribution in [0, 0.1) is 5.82 Å². The first-order valence-electron chi connectivity index (χ1n) is 6.58. The van der Waals surface area contributed by atoms with Crippen molar-refractivity contribution in [2.75, 3.05) is 5.73 Å². The molecule has 0 aliphatic carbocycles. The fourth-order valence-corrected chi connectivity index (χ4v) is 2.78. The SMILES string of the molecule is CC(Cc1ccc(F)cc1)n1c(N)nc2cc(Br)cnc21. The first kappa shape index (κ1) is 14.0. The van der Waals surface area contributed by atoms with Crippen LogP contribution in [0.2, 0.25) is 0 Å². The van der Waals surface area contributed by atoms with Gasteiger partial charge in [0.25, 0.3) is 0 Å². The molecule has 3 aromatic rings. The van der Waals surface area contributed by atoms with Crippen molar-refractivity contribution >= 4 is 33.0 Å². The lowest BCUT2D eigenvalue weighted by Gasteiger charge is -2.15. The second kappa shape index (κ2) is 5.44. The minimum atomic E-state index is -0.231. The maximum Gasteiger partial charge on any atom is 0.202 e. The molecule has 0 fully saturated rings. The monoisotopic (exact) mass is 348 g/mol. The van der Waals surface area contributed by atoms with Crippen molar-refractivity contribution in [3.8, 4) is 0 Å². The summed E-state index contributed by atoms with van der Waals surface area (Å²) in [5.41, 5.74) is 8.57. The number of benzene rings is 1.